The molecule has 4 heterocycles. The predicted octanol–water partition coefficient (Wildman–Crippen LogP) is 5.02. The first kappa shape index (κ1) is 26.7. The molecule has 1 saturated carbocycles. The first-order valence-electron chi connectivity index (χ1n) is 15.0. The van der Waals surface area contributed by atoms with Crippen LogP contribution in [-0.2, 0) is 7.05 Å². The van der Waals surface area contributed by atoms with Crippen molar-refractivity contribution >= 4 is 39.2 Å². The van der Waals surface area contributed by atoms with Gasteiger partial charge in [-0.2, -0.15) is 5.10 Å². The van der Waals surface area contributed by atoms with E-state index in [1.807, 2.05) is 70.9 Å². The van der Waals surface area contributed by atoms with E-state index in [1.54, 1.807) is 6.20 Å². The Bertz CT molecular complexity index is 1740. The lowest BCUT2D eigenvalue weighted by Crippen LogP contribution is -2.49. The van der Waals surface area contributed by atoms with E-state index in [4.69, 9.17) is 10.8 Å². The summed E-state index contributed by atoms with van der Waals surface area (Å²) in [5.41, 5.74) is 11.6. The van der Waals surface area contributed by atoms with Gasteiger partial charge in [-0.25, -0.2) is 9.67 Å². The lowest BCUT2D eigenvalue weighted by molar-refractivity contribution is 0.0876. The number of nitrogens with two attached hydrogens (primary N) is 1. The molecule has 7 rings (SSSR count). The highest BCUT2D eigenvalue weighted by Crippen LogP contribution is 2.39. The van der Waals surface area contributed by atoms with Crippen molar-refractivity contribution in [2.24, 2.45) is 7.05 Å². The molecular formula is C33H38N8O. The SMILES string of the molecule is CN1CCN(C2CCC(c3nn(-c4ccc(NC(=O)c5cc6ccccc6n5C)cc4)c4c(N)nccc34)CC2)CC1. The first-order chi connectivity index (χ1) is 20.5. The van der Waals surface area contributed by atoms with Crippen molar-refractivity contribution in [3.63, 3.8) is 0 Å². The third kappa shape index (κ3) is 4.82. The second-order valence-electron chi connectivity index (χ2n) is 11.9. The van der Waals surface area contributed by atoms with Crippen molar-refractivity contribution in [3.05, 3.63) is 78.2 Å². The topological polar surface area (TPSA) is 97.2 Å². The fourth-order valence-corrected chi connectivity index (χ4v) is 6.89. The number of anilines is 2. The van der Waals surface area contributed by atoms with E-state index in [0.717, 1.165) is 64.8 Å². The van der Waals surface area contributed by atoms with Gasteiger partial charge in [-0.15, -0.1) is 0 Å². The number of hydrogen-bond acceptors (Lipinski definition) is 6. The summed E-state index contributed by atoms with van der Waals surface area (Å²) in [7, 11) is 4.13. The number of amides is 1. The van der Waals surface area contributed by atoms with Gasteiger partial charge in [0.1, 0.15) is 17.0 Å². The molecule has 3 aromatic heterocycles. The number of carbonyl (C=O) groups excluding carboxylic acids is 1. The van der Waals surface area contributed by atoms with Gasteiger partial charge in [-0.05, 0) is 75.2 Å². The van der Waals surface area contributed by atoms with Gasteiger partial charge in [-0.3, -0.25) is 9.69 Å². The van der Waals surface area contributed by atoms with Crippen LogP contribution in [0.15, 0.2) is 66.9 Å². The third-order valence-electron chi connectivity index (χ3n) is 9.34. The number of likely N-dealkylation sites (N-methyl/N-ethyl adjacent to an activating group) is 1. The molecular weight excluding hydrogens is 524 g/mol. The van der Waals surface area contributed by atoms with Crippen LogP contribution < -0.4 is 11.1 Å². The summed E-state index contributed by atoms with van der Waals surface area (Å²) in [4.78, 5) is 22.6. The van der Waals surface area contributed by atoms with Crippen molar-refractivity contribution in [1.82, 2.24) is 29.1 Å². The summed E-state index contributed by atoms with van der Waals surface area (Å²) in [6.07, 6.45) is 6.45. The average Bonchev–Trinajstić information content (AvgIpc) is 3.57. The normalized spacial score (nSPS) is 20.3. The van der Waals surface area contributed by atoms with Gasteiger partial charge < -0.3 is 20.5 Å². The van der Waals surface area contributed by atoms with Crippen molar-refractivity contribution in [1.29, 1.82) is 0 Å². The standard InChI is InChI=1S/C33H38N8O/c1-38-17-19-40(20-18-38)25-11-7-22(8-12-25)30-27-15-16-35-32(34)31(27)41(37-30)26-13-9-24(10-14-26)36-33(42)29-21-23-5-3-4-6-28(23)39(29)2/h3-6,9-10,13-16,21-22,25H,7-8,11-12,17-20H2,1-2H3,(H2,34,35)(H,36,42). The second-order valence-corrected chi connectivity index (χ2v) is 11.9. The largest absolute Gasteiger partial charge is 0.382 e. The molecule has 0 atom stereocenters. The Kier molecular flexibility index (Phi) is 6.91. The number of nitrogens with zero attached hydrogens (tertiary/aromatic N) is 6. The number of benzene rings is 2. The van der Waals surface area contributed by atoms with Crippen molar-refractivity contribution < 1.29 is 4.79 Å². The smallest absolute Gasteiger partial charge is 0.272 e. The Morgan fingerprint density at radius 2 is 1.67 bits per heavy atom. The van der Waals surface area contributed by atoms with Gasteiger partial charge >= 0.3 is 0 Å². The van der Waals surface area contributed by atoms with Crippen LogP contribution in [0.2, 0.25) is 0 Å². The van der Waals surface area contributed by atoms with Gasteiger partial charge in [0.25, 0.3) is 5.91 Å². The molecule has 1 amide bonds. The van der Waals surface area contributed by atoms with E-state index in [0.29, 0.717) is 23.5 Å². The van der Waals surface area contributed by atoms with E-state index in [9.17, 15) is 4.79 Å². The van der Waals surface area contributed by atoms with Crippen LogP contribution in [0, 0.1) is 0 Å². The summed E-state index contributed by atoms with van der Waals surface area (Å²) < 4.78 is 3.85. The van der Waals surface area contributed by atoms with Crippen molar-refractivity contribution in [3.8, 4) is 5.69 Å². The molecule has 2 aromatic carbocycles. The van der Waals surface area contributed by atoms with E-state index in [-0.39, 0.29) is 5.91 Å². The minimum atomic E-state index is -0.145. The zero-order valence-corrected chi connectivity index (χ0v) is 24.3. The zero-order valence-electron chi connectivity index (χ0n) is 24.3. The number of fused-ring (bicyclic) bond motifs is 2. The van der Waals surface area contributed by atoms with Crippen LogP contribution in [0.4, 0.5) is 11.5 Å². The second kappa shape index (κ2) is 10.9. The highest BCUT2D eigenvalue weighted by molar-refractivity contribution is 6.06. The third-order valence-corrected chi connectivity index (χ3v) is 9.34. The maximum absolute atomic E-state index is 13.1. The molecule has 0 spiro atoms. The highest BCUT2D eigenvalue weighted by Gasteiger charge is 2.31. The van der Waals surface area contributed by atoms with Gasteiger partial charge in [0, 0.05) is 73.4 Å². The number of hydrogen-bond donors (Lipinski definition) is 2. The van der Waals surface area contributed by atoms with Crippen LogP contribution in [0.3, 0.4) is 0 Å². The number of aryl methyl sites for hydroxylation is 1. The summed E-state index contributed by atoms with van der Waals surface area (Å²) in [5.74, 6) is 0.734. The number of pyridine rings is 1. The van der Waals surface area contributed by atoms with Gasteiger partial charge in [0.05, 0.1) is 11.4 Å². The molecule has 2 fully saturated rings. The summed E-state index contributed by atoms with van der Waals surface area (Å²) in [5, 5.41) is 10.3. The van der Waals surface area contributed by atoms with Gasteiger partial charge in [0.2, 0.25) is 0 Å². The summed E-state index contributed by atoms with van der Waals surface area (Å²) in [6.45, 7) is 4.66. The van der Waals surface area contributed by atoms with Crippen LogP contribution in [0.5, 0.6) is 0 Å². The number of aromatic nitrogens is 4. The van der Waals surface area contributed by atoms with E-state index in [1.165, 1.54) is 25.9 Å². The number of nitrogens with one attached hydrogen (secondary N) is 1. The molecule has 9 nitrogen and oxygen atoms in total. The Morgan fingerprint density at radius 3 is 2.40 bits per heavy atom. The Morgan fingerprint density at radius 1 is 0.929 bits per heavy atom. The number of para-hydroxylation sites is 1. The van der Waals surface area contributed by atoms with Gasteiger partial charge in [-0.1, -0.05) is 18.2 Å². The Labute approximate surface area is 245 Å². The van der Waals surface area contributed by atoms with E-state index < -0.39 is 0 Å². The molecule has 2 aliphatic rings. The lowest BCUT2D eigenvalue weighted by Gasteiger charge is -2.41. The molecule has 0 unspecified atom stereocenters. The predicted molar refractivity (Wildman–Crippen MR) is 168 cm³/mol. The highest BCUT2D eigenvalue weighted by atomic mass is 16.1. The molecule has 42 heavy (non-hydrogen) atoms. The average molecular weight is 563 g/mol. The Balaban J connectivity index is 1.11. The quantitative estimate of drug-likeness (QED) is 0.312. The first-order valence-corrected chi connectivity index (χ1v) is 15.0. The fraction of sp³-hybridized carbons (Fsp3) is 0.364. The molecule has 5 aromatic rings. The van der Waals surface area contributed by atoms with Crippen molar-refractivity contribution in [2.75, 3.05) is 44.3 Å². The van der Waals surface area contributed by atoms with Crippen LogP contribution >= 0.6 is 0 Å². The molecule has 0 bridgehead atoms. The molecule has 3 N–H and O–H groups in total. The van der Waals surface area contributed by atoms with Crippen molar-refractivity contribution in [2.45, 2.75) is 37.6 Å². The van der Waals surface area contributed by atoms with Crippen LogP contribution in [-0.4, -0.2) is 74.3 Å². The minimum absolute atomic E-state index is 0.145. The Hall–Kier alpha value is -4.21. The van der Waals surface area contributed by atoms with Crippen LogP contribution in [0.1, 0.15) is 47.8 Å². The number of rotatable bonds is 5. The maximum Gasteiger partial charge on any atom is 0.272 e. The molecule has 1 aliphatic heterocycles. The van der Waals surface area contributed by atoms with Gasteiger partial charge in [0.15, 0.2) is 0 Å². The molecule has 0 radical (unpaired) electrons. The number of piperazine rings is 1. The number of nitrogen functional groups attached to an aromatic ring is 1. The maximum atomic E-state index is 13.1. The van der Waals surface area contributed by atoms with Crippen LogP contribution in [0.25, 0.3) is 27.5 Å². The molecule has 1 saturated heterocycles. The lowest BCUT2D eigenvalue weighted by atomic mass is 9.82. The molecule has 1 aliphatic carbocycles. The monoisotopic (exact) mass is 562 g/mol. The summed E-state index contributed by atoms with van der Waals surface area (Å²) in [6, 6.07) is 20.4. The van der Waals surface area contributed by atoms with E-state index in [2.05, 4.69) is 33.2 Å². The molecule has 216 valence electrons. The number of carbonyl (C=O) groups is 1. The van der Waals surface area contributed by atoms with E-state index >= 15 is 0 Å². The zero-order chi connectivity index (χ0) is 28.8. The fourth-order valence-electron chi connectivity index (χ4n) is 6.89. The summed E-state index contributed by atoms with van der Waals surface area (Å²) >= 11 is 0. The minimum Gasteiger partial charge on any atom is -0.382 e. The molecule has 9 heteroatoms.